The SMILES string of the molecule is CC(C)S(=O)(=O)c1ccc(C(C)(C)C)nc1. The van der Waals surface area contributed by atoms with Crippen LogP contribution in [0.2, 0.25) is 0 Å². The highest BCUT2D eigenvalue weighted by Crippen LogP contribution is 2.22. The normalized spacial score (nSPS) is 13.1. The third-order valence-corrected chi connectivity index (χ3v) is 4.59. The number of hydrogen-bond donors (Lipinski definition) is 0. The molecule has 0 aromatic carbocycles. The predicted octanol–water partition coefficient (Wildman–Crippen LogP) is 2.56. The summed E-state index contributed by atoms with van der Waals surface area (Å²) in [4.78, 5) is 4.52. The van der Waals surface area contributed by atoms with Crippen LogP contribution in [-0.4, -0.2) is 18.7 Å². The van der Waals surface area contributed by atoms with Crippen molar-refractivity contribution in [3.05, 3.63) is 24.0 Å². The second-order valence-electron chi connectivity index (χ2n) is 5.22. The summed E-state index contributed by atoms with van der Waals surface area (Å²) in [5, 5.41) is -0.408. The molecule has 4 heteroatoms. The fraction of sp³-hybridized carbons (Fsp3) is 0.583. The molecule has 1 aromatic heterocycles. The van der Waals surface area contributed by atoms with Crippen molar-refractivity contribution in [1.82, 2.24) is 4.98 Å². The highest BCUT2D eigenvalue weighted by molar-refractivity contribution is 7.92. The number of sulfone groups is 1. The molecule has 0 aliphatic heterocycles. The molecule has 90 valence electrons. The molecule has 0 radical (unpaired) electrons. The first-order valence-corrected chi connectivity index (χ1v) is 6.91. The highest BCUT2D eigenvalue weighted by Gasteiger charge is 2.21. The molecular weight excluding hydrogens is 222 g/mol. The van der Waals surface area contributed by atoms with Gasteiger partial charge in [0.05, 0.1) is 10.1 Å². The summed E-state index contributed by atoms with van der Waals surface area (Å²) >= 11 is 0. The van der Waals surface area contributed by atoms with Crippen LogP contribution in [0.4, 0.5) is 0 Å². The zero-order chi connectivity index (χ0) is 12.6. The van der Waals surface area contributed by atoms with Crippen molar-refractivity contribution in [3.8, 4) is 0 Å². The van der Waals surface area contributed by atoms with Crippen LogP contribution in [0.5, 0.6) is 0 Å². The van der Waals surface area contributed by atoms with Crippen LogP contribution in [-0.2, 0) is 15.3 Å². The summed E-state index contributed by atoms with van der Waals surface area (Å²) in [7, 11) is -3.20. The monoisotopic (exact) mass is 241 g/mol. The molecule has 16 heavy (non-hydrogen) atoms. The van der Waals surface area contributed by atoms with Crippen molar-refractivity contribution < 1.29 is 8.42 Å². The quantitative estimate of drug-likeness (QED) is 0.799. The molecule has 3 nitrogen and oxygen atoms in total. The Morgan fingerprint density at radius 3 is 2.06 bits per heavy atom. The van der Waals surface area contributed by atoms with E-state index in [1.54, 1.807) is 26.0 Å². The minimum Gasteiger partial charge on any atom is -0.259 e. The number of nitrogens with zero attached hydrogens (tertiary/aromatic N) is 1. The molecule has 0 saturated heterocycles. The summed E-state index contributed by atoms with van der Waals surface area (Å²) in [6, 6.07) is 3.43. The van der Waals surface area contributed by atoms with E-state index < -0.39 is 15.1 Å². The maximum Gasteiger partial charge on any atom is 0.182 e. The van der Waals surface area contributed by atoms with E-state index in [0.29, 0.717) is 4.90 Å². The van der Waals surface area contributed by atoms with Crippen molar-refractivity contribution in [2.24, 2.45) is 0 Å². The topological polar surface area (TPSA) is 47.0 Å². The first-order chi connectivity index (χ1) is 7.15. The highest BCUT2D eigenvalue weighted by atomic mass is 32.2. The van der Waals surface area contributed by atoms with Crippen LogP contribution in [0.15, 0.2) is 23.2 Å². The van der Waals surface area contributed by atoms with Crippen LogP contribution in [0.1, 0.15) is 40.3 Å². The molecular formula is C12H19NO2S. The maximum atomic E-state index is 11.9. The zero-order valence-electron chi connectivity index (χ0n) is 10.5. The van der Waals surface area contributed by atoms with Gasteiger partial charge in [-0.3, -0.25) is 4.98 Å². The lowest BCUT2D eigenvalue weighted by molar-refractivity contribution is 0.564. The third-order valence-electron chi connectivity index (χ3n) is 2.45. The summed E-state index contributed by atoms with van der Waals surface area (Å²) in [6.07, 6.45) is 1.45. The fourth-order valence-electron chi connectivity index (χ4n) is 1.26. The Hall–Kier alpha value is -0.900. The summed E-state index contributed by atoms with van der Waals surface area (Å²) < 4.78 is 23.7. The Morgan fingerprint density at radius 1 is 1.19 bits per heavy atom. The van der Waals surface area contributed by atoms with Gasteiger partial charge in [0.2, 0.25) is 0 Å². The number of aromatic nitrogens is 1. The Labute approximate surface area is 97.8 Å². The van der Waals surface area contributed by atoms with E-state index in [1.165, 1.54) is 6.20 Å². The van der Waals surface area contributed by atoms with Gasteiger partial charge in [-0.15, -0.1) is 0 Å². The van der Waals surface area contributed by atoms with Crippen LogP contribution in [0.3, 0.4) is 0 Å². The van der Waals surface area contributed by atoms with Crippen molar-refractivity contribution in [2.75, 3.05) is 0 Å². The lowest BCUT2D eigenvalue weighted by Crippen LogP contribution is -2.17. The average Bonchev–Trinajstić information content (AvgIpc) is 2.16. The van der Waals surface area contributed by atoms with Gasteiger partial charge in [-0.2, -0.15) is 0 Å². The molecule has 0 bridgehead atoms. The molecule has 0 atom stereocenters. The van der Waals surface area contributed by atoms with Crippen molar-refractivity contribution in [3.63, 3.8) is 0 Å². The number of rotatable bonds is 2. The molecule has 0 amide bonds. The maximum absolute atomic E-state index is 11.9. The van der Waals surface area contributed by atoms with Gasteiger partial charge in [0.25, 0.3) is 0 Å². The van der Waals surface area contributed by atoms with E-state index in [9.17, 15) is 8.42 Å². The van der Waals surface area contributed by atoms with E-state index in [0.717, 1.165) is 5.69 Å². The van der Waals surface area contributed by atoms with Crippen molar-refractivity contribution in [1.29, 1.82) is 0 Å². The van der Waals surface area contributed by atoms with E-state index in [1.807, 2.05) is 20.8 Å². The van der Waals surface area contributed by atoms with Crippen molar-refractivity contribution in [2.45, 2.75) is 50.2 Å². The first kappa shape index (κ1) is 13.2. The number of hydrogen-bond acceptors (Lipinski definition) is 3. The van der Waals surface area contributed by atoms with Crippen LogP contribution >= 0.6 is 0 Å². The molecule has 0 N–H and O–H groups in total. The molecule has 0 fully saturated rings. The first-order valence-electron chi connectivity index (χ1n) is 5.36. The zero-order valence-corrected chi connectivity index (χ0v) is 11.3. The Bertz CT molecular complexity index is 453. The molecule has 1 aromatic rings. The Morgan fingerprint density at radius 2 is 1.75 bits per heavy atom. The molecule has 0 unspecified atom stereocenters. The largest absolute Gasteiger partial charge is 0.259 e. The second-order valence-corrected chi connectivity index (χ2v) is 7.73. The third kappa shape index (κ3) is 2.61. The molecule has 1 heterocycles. The number of pyridine rings is 1. The standard InChI is InChI=1S/C12H19NO2S/c1-9(2)16(14,15)10-6-7-11(13-8-10)12(3,4)5/h6-9H,1-5H3. The van der Waals surface area contributed by atoms with Gasteiger partial charge < -0.3 is 0 Å². The molecule has 1 rings (SSSR count). The van der Waals surface area contributed by atoms with Crippen molar-refractivity contribution >= 4 is 9.84 Å². The van der Waals surface area contributed by atoms with E-state index in [4.69, 9.17) is 0 Å². The van der Waals surface area contributed by atoms with Gasteiger partial charge in [-0.25, -0.2) is 8.42 Å². The van der Waals surface area contributed by atoms with Gasteiger partial charge in [-0.1, -0.05) is 20.8 Å². The van der Waals surface area contributed by atoms with E-state index in [2.05, 4.69) is 4.98 Å². The van der Waals surface area contributed by atoms with Gasteiger partial charge >= 0.3 is 0 Å². The summed E-state index contributed by atoms with van der Waals surface area (Å²) in [5.41, 5.74) is 0.843. The van der Waals surface area contributed by atoms with Gasteiger partial charge in [0.1, 0.15) is 0 Å². The fourth-order valence-corrected chi connectivity index (χ4v) is 2.27. The molecule has 0 saturated carbocycles. The minimum absolute atomic E-state index is 0.0554. The lowest BCUT2D eigenvalue weighted by atomic mass is 9.92. The molecule has 0 spiro atoms. The average molecular weight is 241 g/mol. The smallest absolute Gasteiger partial charge is 0.182 e. The van der Waals surface area contributed by atoms with Crippen LogP contribution in [0.25, 0.3) is 0 Å². The van der Waals surface area contributed by atoms with E-state index in [-0.39, 0.29) is 5.41 Å². The minimum atomic E-state index is -3.20. The Balaban J connectivity index is 3.15. The second kappa shape index (κ2) is 4.17. The van der Waals surface area contributed by atoms with Gasteiger partial charge in [-0.05, 0) is 26.0 Å². The van der Waals surface area contributed by atoms with Gasteiger partial charge in [0.15, 0.2) is 9.84 Å². The molecule has 0 aliphatic carbocycles. The predicted molar refractivity (Wildman–Crippen MR) is 65.3 cm³/mol. The Kier molecular flexibility index (Phi) is 3.43. The summed E-state index contributed by atoms with van der Waals surface area (Å²) in [6.45, 7) is 9.49. The van der Waals surface area contributed by atoms with Gasteiger partial charge in [0, 0.05) is 17.3 Å². The van der Waals surface area contributed by atoms with Crippen LogP contribution < -0.4 is 0 Å². The van der Waals surface area contributed by atoms with Crippen LogP contribution in [0, 0.1) is 0 Å². The molecule has 0 aliphatic rings. The summed E-state index contributed by atoms with van der Waals surface area (Å²) in [5.74, 6) is 0. The lowest BCUT2D eigenvalue weighted by Gasteiger charge is -2.17. The van der Waals surface area contributed by atoms with E-state index >= 15 is 0 Å².